The van der Waals surface area contributed by atoms with Crippen LogP contribution in [0.5, 0.6) is 5.75 Å². The van der Waals surface area contributed by atoms with Crippen LogP contribution in [-0.2, 0) is 0 Å². The molecular weight excluding hydrogens is 286 g/mol. The highest BCUT2D eigenvalue weighted by Gasteiger charge is 2.24. The standard InChI is InChI=1S/C15H27N3O2S/c1-7-11(19)14-12(16)13(20-10(2)3)15(21-14)18(6)9-8-17(4)5/h10H,7-9,16H2,1-6H3. The van der Waals surface area contributed by atoms with Gasteiger partial charge in [0.15, 0.2) is 11.5 Å². The molecule has 0 saturated carbocycles. The highest BCUT2D eigenvalue weighted by atomic mass is 32.1. The third-order valence-corrected chi connectivity index (χ3v) is 4.38. The molecule has 5 nitrogen and oxygen atoms in total. The molecule has 1 rings (SSSR count). The summed E-state index contributed by atoms with van der Waals surface area (Å²) in [5, 5.41) is 0.930. The molecular formula is C15H27N3O2S. The van der Waals surface area contributed by atoms with E-state index in [1.165, 1.54) is 11.3 Å². The number of ether oxygens (including phenoxy) is 1. The van der Waals surface area contributed by atoms with Crippen LogP contribution in [0.25, 0.3) is 0 Å². The van der Waals surface area contributed by atoms with Crippen LogP contribution in [-0.4, -0.2) is 51.0 Å². The van der Waals surface area contributed by atoms with Gasteiger partial charge in [-0.3, -0.25) is 4.79 Å². The van der Waals surface area contributed by atoms with E-state index < -0.39 is 0 Å². The van der Waals surface area contributed by atoms with Crippen LogP contribution < -0.4 is 15.4 Å². The summed E-state index contributed by atoms with van der Waals surface area (Å²) in [7, 11) is 6.07. The third kappa shape index (κ3) is 4.61. The summed E-state index contributed by atoms with van der Waals surface area (Å²) in [4.78, 5) is 16.9. The van der Waals surface area contributed by atoms with Gasteiger partial charge < -0.3 is 20.3 Å². The Hall–Kier alpha value is -1.27. The van der Waals surface area contributed by atoms with Gasteiger partial charge in [-0.1, -0.05) is 6.92 Å². The summed E-state index contributed by atoms with van der Waals surface area (Å²) in [5.41, 5.74) is 6.63. The SMILES string of the molecule is CCC(=O)c1sc(N(C)CCN(C)C)c(OC(C)C)c1N. The average molecular weight is 313 g/mol. The number of hydrogen-bond acceptors (Lipinski definition) is 6. The molecule has 0 amide bonds. The van der Waals surface area contributed by atoms with Crippen molar-refractivity contribution in [3.05, 3.63) is 4.88 Å². The molecule has 0 atom stereocenters. The lowest BCUT2D eigenvalue weighted by atomic mass is 10.2. The first-order valence-corrected chi connectivity index (χ1v) is 8.07. The van der Waals surface area contributed by atoms with E-state index in [9.17, 15) is 4.79 Å². The van der Waals surface area contributed by atoms with Gasteiger partial charge in [-0.15, -0.1) is 11.3 Å². The van der Waals surface area contributed by atoms with Crippen molar-refractivity contribution in [1.29, 1.82) is 0 Å². The van der Waals surface area contributed by atoms with E-state index in [0.29, 0.717) is 22.7 Å². The fourth-order valence-electron chi connectivity index (χ4n) is 1.84. The van der Waals surface area contributed by atoms with E-state index in [1.54, 1.807) is 0 Å². The molecule has 0 aliphatic rings. The van der Waals surface area contributed by atoms with Crippen LogP contribution in [0.1, 0.15) is 36.9 Å². The second-order valence-corrected chi connectivity index (χ2v) is 6.65. The van der Waals surface area contributed by atoms with Crippen molar-refractivity contribution in [2.45, 2.75) is 33.3 Å². The van der Waals surface area contributed by atoms with Gasteiger partial charge in [-0.05, 0) is 27.9 Å². The van der Waals surface area contributed by atoms with Gasteiger partial charge in [0.25, 0.3) is 0 Å². The number of ketones is 1. The zero-order valence-corrected chi connectivity index (χ0v) is 14.7. The van der Waals surface area contributed by atoms with Gasteiger partial charge in [-0.25, -0.2) is 0 Å². The molecule has 1 aromatic heterocycles. The molecule has 0 unspecified atom stereocenters. The van der Waals surface area contributed by atoms with Crippen molar-refractivity contribution >= 4 is 27.8 Å². The Morgan fingerprint density at radius 1 is 1.29 bits per heavy atom. The number of nitrogens with zero attached hydrogens (tertiary/aromatic N) is 2. The lowest BCUT2D eigenvalue weighted by Gasteiger charge is -2.22. The first-order valence-electron chi connectivity index (χ1n) is 7.25. The van der Waals surface area contributed by atoms with Gasteiger partial charge in [0.1, 0.15) is 5.00 Å². The summed E-state index contributed by atoms with van der Waals surface area (Å²) in [5.74, 6) is 0.714. The van der Waals surface area contributed by atoms with Crippen LogP contribution in [0, 0.1) is 0 Å². The minimum atomic E-state index is 0.0208. The molecule has 0 aliphatic heterocycles. The second-order valence-electron chi connectivity index (χ2n) is 5.65. The number of likely N-dealkylation sites (N-methyl/N-ethyl adjacent to an activating group) is 2. The molecule has 0 saturated heterocycles. The van der Waals surface area contributed by atoms with Crippen LogP contribution in [0.4, 0.5) is 10.7 Å². The van der Waals surface area contributed by atoms with E-state index in [-0.39, 0.29) is 11.9 Å². The number of thiophene rings is 1. The molecule has 0 bridgehead atoms. The Labute approximate surface area is 131 Å². The van der Waals surface area contributed by atoms with Crippen molar-refractivity contribution in [3.8, 4) is 5.75 Å². The maximum Gasteiger partial charge on any atom is 0.177 e. The van der Waals surface area contributed by atoms with E-state index in [1.807, 2.05) is 41.9 Å². The molecule has 0 radical (unpaired) electrons. The smallest absolute Gasteiger partial charge is 0.177 e. The Kier molecular flexibility index (Phi) is 6.48. The van der Waals surface area contributed by atoms with Crippen molar-refractivity contribution in [2.75, 3.05) is 44.9 Å². The molecule has 21 heavy (non-hydrogen) atoms. The Balaban J connectivity index is 3.12. The molecule has 0 spiro atoms. The Morgan fingerprint density at radius 3 is 2.38 bits per heavy atom. The fraction of sp³-hybridized carbons (Fsp3) is 0.667. The largest absolute Gasteiger partial charge is 0.486 e. The number of nitrogens with two attached hydrogens (primary N) is 1. The van der Waals surface area contributed by atoms with Gasteiger partial charge in [0, 0.05) is 26.6 Å². The van der Waals surface area contributed by atoms with Crippen LogP contribution in [0.15, 0.2) is 0 Å². The number of Topliss-reactive ketones (excluding diaryl/α,β-unsaturated/α-hetero) is 1. The number of anilines is 2. The zero-order valence-electron chi connectivity index (χ0n) is 13.9. The van der Waals surface area contributed by atoms with Gasteiger partial charge >= 0.3 is 0 Å². The van der Waals surface area contributed by atoms with Crippen LogP contribution >= 0.6 is 11.3 Å². The minimum absolute atomic E-state index is 0.0208. The summed E-state index contributed by atoms with van der Waals surface area (Å²) in [6.07, 6.45) is 0.472. The third-order valence-electron chi connectivity index (χ3n) is 3.04. The predicted molar refractivity (Wildman–Crippen MR) is 90.9 cm³/mol. The predicted octanol–water partition coefficient (Wildman–Crippen LogP) is 2.71. The van der Waals surface area contributed by atoms with E-state index >= 15 is 0 Å². The Morgan fingerprint density at radius 2 is 1.90 bits per heavy atom. The van der Waals surface area contributed by atoms with E-state index in [4.69, 9.17) is 10.5 Å². The molecule has 120 valence electrons. The first kappa shape index (κ1) is 17.8. The van der Waals surface area contributed by atoms with Gasteiger partial charge in [-0.2, -0.15) is 0 Å². The van der Waals surface area contributed by atoms with Crippen molar-refractivity contribution in [3.63, 3.8) is 0 Å². The molecule has 2 N–H and O–H groups in total. The van der Waals surface area contributed by atoms with Gasteiger partial charge in [0.2, 0.25) is 0 Å². The summed E-state index contributed by atoms with van der Waals surface area (Å²) >= 11 is 1.43. The molecule has 1 heterocycles. The molecule has 0 aliphatic carbocycles. The zero-order chi connectivity index (χ0) is 16.2. The Bertz CT molecular complexity index is 484. The highest BCUT2D eigenvalue weighted by Crippen LogP contribution is 2.45. The lowest BCUT2D eigenvalue weighted by Crippen LogP contribution is -2.28. The number of nitrogen functional groups attached to an aromatic ring is 1. The maximum absolute atomic E-state index is 12.0. The maximum atomic E-state index is 12.0. The number of rotatable bonds is 8. The summed E-state index contributed by atoms with van der Waals surface area (Å²) in [6, 6.07) is 0. The van der Waals surface area contributed by atoms with Crippen LogP contribution in [0.3, 0.4) is 0 Å². The second kappa shape index (κ2) is 7.66. The topological polar surface area (TPSA) is 58.8 Å². The molecule has 1 aromatic rings. The first-order chi connectivity index (χ1) is 9.77. The number of hydrogen-bond donors (Lipinski definition) is 1. The summed E-state index contributed by atoms with van der Waals surface area (Å²) < 4.78 is 5.86. The average Bonchev–Trinajstić information content (AvgIpc) is 2.72. The van der Waals surface area contributed by atoms with Gasteiger partial charge in [0.05, 0.1) is 16.7 Å². The van der Waals surface area contributed by atoms with Crippen LogP contribution in [0.2, 0.25) is 0 Å². The minimum Gasteiger partial charge on any atom is -0.486 e. The normalized spacial score (nSPS) is 11.2. The number of carbonyl (C=O) groups excluding carboxylic acids is 1. The summed E-state index contributed by atoms with van der Waals surface area (Å²) in [6.45, 7) is 7.54. The lowest BCUT2D eigenvalue weighted by molar-refractivity contribution is 0.0992. The highest BCUT2D eigenvalue weighted by molar-refractivity contribution is 7.19. The van der Waals surface area contributed by atoms with Crippen molar-refractivity contribution in [2.24, 2.45) is 0 Å². The molecule has 6 heteroatoms. The van der Waals surface area contributed by atoms with E-state index in [2.05, 4.69) is 9.80 Å². The van der Waals surface area contributed by atoms with Crippen molar-refractivity contribution < 1.29 is 9.53 Å². The fourth-order valence-corrected chi connectivity index (χ4v) is 2.99. The monoisotopic (exact) mass is 313 g/mol. The quantitative estimate of drug-likeness (QED) is 0.748. The van der Waals surface area contributed by atoms with Crippen molar-refractivity contribution in [1.82, 2.24) is 4.90 Å². The molecule has 0 aromatic carbocycles. The molecule has 0 fully saturated rings. The number of carbonyl (C=O) groups is 1. The van der Waals surface area contributed by atoms with E-state index in [0.717, 1.165) is 18.1 Å².